The van der Waals surface area contributed by atoms with Gasteiger partial charge in [0.25, 0.3) is 4.34 Å². The molecule has 0 bridgehead atoms. The van der Waals surface area contributed by atoms with Crippen LogP contribution in [-0.2, 0) is 16.1 Å². The van der Waals surface area contributed by atoms with Crippen LogP contribution in [0.3, 0.4) is 0 Å². The van der Waals surface area contributed by atoms with Gasteiger partial charge < -0.3 is 19.8 Å². The van der Waals surface area contributed by atoms with Crippen molar-refractivity contribution < 1.29 is 24.4 Å². The molecule has 0 atom stereocenters. The van der Waals surface area contributed by atoms with Crippen LogP contribution < -0.4 is 14.8 Å². The topological polar surface area (TPSA) is 84.1 Å². The fourth-order valence-electron chi connectivity index (χ4n) is 1.52. The van der Waals surface area contributed by atoms with Gasteiger partial charge in [-0.25, -0.2) is 0 Å². The minimum atomic E-state index is -1.21. The summed E-state index contributed by atoms with van der Waals surface area (Å²) in [6, 6.07) is 7.29. The molecule has 1 heterocycles. The SMILES string of the molecule is O=C([O-])CSc1sc2ccccc2[n+]1CC(=O)[O-]. The summed E-state index contributed by atoms with van der Waals surface area (Å²) >= 11 is 2.40. The van der Waals surface area contributed by atoms with Gasteiger partial charge in [-0.3, -0.25) is 0 Å². The van der Waals surface area contributed by atoms with E-state index in [1.807, 2.05) is 12.1 Å². The predicted molar refractivity (Wildman–Crippen MR) is 62.8 cm³/mol. The van der Waals surface area contributed by atoms with Crippen molar-refractivity contribution in [2.45, 2.75) is 10.9 Å². The number of fused-ring (bicyclic) bond motifs is 1. The van der Waals surface area contributed by atoms with Crippen LogP contribution >= 0.6 is 23.1 Å². The molecule has 94 valence electrons. The lowest BCUT2D eigenvalue weighted by atomic mass is 10.3. The Morgan fingerprint density at radius 3 is 2.61 bits per heavy atom. The highest BCUT2D eigenvalue weighted by molar-refractivity contribution is 8.01. The number of benzene rings is 1. The number of rotatable bonds is 5. The number of nitrogens with zero attached hydrogens (tertiary/aromatic N) is 1. The van der Waals surface area contributed by atoms with Crippen molar-refractivity contribution in [1.82, 2.24) is 0 Å². The lowest BCUT2D eigenvalue weighted by molar-refractivity contribution is -0.695. The van der Waals surface area contributed by atoms with Crippen LogP contribution in [0.2, 0.25) is 0 Å². The van der Waals surface area contributed by atoms with Gasteiger partial charge in [0.2, 0.25) is 5.52 Å². The number of thioether (sulfide) groups is 1. The number of carbonyl (C=O) groups excluding carboxylic acids is 2. The molecule has 0 radical (unpaired) electrons. The molecule has 2 rings (SSSR count). The second-order valence-corrected chi connectivity index (χ2v) is 5.71. The zero-order chi connectivity index (χ0) is 13.1. The molecule has 0 aliphatic carbocycles. The highest BCUT2D eigenvalue weighted by atomic mass is 32.2. The van der Waals surface area contributed by atoms with E-state index in [0.717, 1.165) is 22.0 Å². The first-order valence-electron chi connectivity index (χ1n) is 5.02. The van der Waals surface area contributed by atoms with E-state index in [9.17, 15) is 19.8 Å². The van der Waals surface area contributed by atoms with Crippen molar-refractivity contribution in [3.63, 3.8) is 0 Å². The molecule has 0 aliphatic rings. The van der Waals surface area contributed by atoms with Crippen LogP contribution in [0.4, 0.5) is 0 Å². The van der Waals surface area contributed by atoms with Crippen molar-refractivity contribution in [3.05, 3.63) is 24.3 Å². The number of carboxylic acid groups (broad SMARTS) is 2. The number of aliphatic carboxylic acids is 2. The zero-order valence-electron chi connectivity index (χ0n) is 9.12. The van der Waals surface area contributed by atoms with E-state index in [2.05, 4.69) is 0 Å². The monoisotopic (exact) mass is 282 g/mol. The Morgan fingerprint density at radius 2 is 1.94 bits per heavy atom. The Kier molecular flexibility index (Phi) is 3.83. The van der Waals surface area contributed by atoms with Gasteiger partial charge >= 0.3 is 0 Å². The Labute approximate surface area is 111 Å². The summed E-state index contributed by atoms with van der Waals surface area (Å²) in [5.74, 6) is -2.60. The van der Waals surface area contributed by atoms with E-state index in [1.165, 1.54) is 11.3 Å². The Hall–Kier alpha value is -1.60. The van der Waals surface area contributed by atoms with E-state index in [-0.39, 0.29) is 12.3 Å². The fraction of sp³-hybridized carbons (Fsp3) is 0.182. The van der Waals surface area contributed by atoms with Crippen molar-refractivity contribution in [3.8, 4) is 0 Å². The van der Waals surface area contributed by atoms with Crippen LogP contribution in [0.15, 0.2) is 28.6 Å². The van der Waals surface area contributed by atoms with E-state index < -0.39 is 11.9 Å². The van der Waals surface area contributed by atoms with Crippen LogP contribution in [-0.4, -0.2) is 17.7 Å². The second-order valence-electron chi connectivity index (χ2n) is 3.45. The van der Waals surface area contributed by atoms with Gasteiger partial charge in [-0.15, -0.1) is 0 Å². The molecule has 0 saturated carbocycles. The number of aromatic nitrogens is 1. The Balaban J connectivity index is 2.42. The molecule has 0 aliphatic heterocycles. The van der Waals surface area contributed by atoms with Crippen LogP contribution in [0.25, 0.3) is 10.2 Å². The lowest BCUT2D eigenvalue weighted by Crippen LogP contribution is -2.44. The Bertz CT molecular complexity index is 608. The summed E-state index contributed by atoms with van der Waals surface area (Å²) in [4.78, 5) is 21.2. The first-order valence-corrected chi connectivity index (χ1v) is 6.82. The van der Waals surface area contributed by atoms with Gasteiger partial charge in [-0.05, 0) is 17.8 Å². The molecule has 5 nitrogen and oxygen atoms in total. The van der Waals surface area contributed by atoms with Gasteiger partial charge in [-0.2, -0.15) is 4.57 Å². The highest BCUT2D eigenvalue weighted by Crippen LogP contribution is 2.27. The average molecular weight is 282 g/mol. The number of carbonyl (C=O) groups is 2. The van der Waals surface area contributed by atoms with E-state index in [4.69, 9.17) is 0 Å². The van der Waals surface area contributed by atoms with Crippen LogP contribution in [0, 0.1) is 0 Å². The van der Waals surface area contributed by atoms with Crippen molar-refractivity contribution in [2.24, 2.45) is 0 Å². The molecule has 0 amide bonds. The summed E-state index contributed by atoms with van der Waals surface area (Å²) in [5, 5.41) is 21.2. The molecular formula is C11H8NO4S2-. The normalized spacial score (nSPS) is 10.7. The zero-order valence-corrected chi connectivity index (χ0v) is 10.8. The molecule has 1 aromatic carbocycles. The third kappa shape index (κ3) is 2.80. The molecule has 1 aromatic heterocycles. The summed E-state index contributed by atoms with van der Waals surface area (Å²) < 4.78 is 3.06. The number of para-hydroxylation sites is 1. The maximum atomic E-state index is 10.7. The van der Waals surface area contributed by atoms with Gasteiger partial charge in [-0.1, -0.05) is 23.5 Å². The highest BCUT2D eigenvalue weighted by Gasteiger charge is 2.20. The summed E-state index contributed by atoms with van der Waals surface area (Å²) in [6.07, 6.45) is 0. The first-order chi connectivity index (χ1) is 8.58. The largest absolute Gasteiger partial charge is 0.549 e. The quantitative estimate of drug-likeness (QED) is 0.507. The molecule has 0 unspecified atom stereocenters. The summed E-state index contributed by atoms with van der Waals surface area (Å²) in [6.45, 7) is -0.292. The van der Waals surface area contributed by atoms with Crippen molar-refractivity contribution >= 4 is 45.3 Å². The molecular weight excluding hydrogens is 274 g/mol. The third-order valence-electron chi connectivity index (χ3n) is 2.17. The van der Waals surface area contributed by atoms with Gasteiger partial charge in [0.1, 0.15) is 10.7 Å². The number of carboxylic acids is 2. The molecule has 7 heteroatoms. The third-order valence-corrected chi connectivity index (χ3v) is 4.59. The number of hydrogen-bond donors (Lipinski definition) is 0. The number of hydrogen-bond acceptors (Lipinski definition) is 6. The average Bonchev–Trinajstić information content (AvgIpc) is 2.64. The van der Waals surface area contributed by atoms with E-state index in [1.54, 1.807) is 16.7 Å². The van der Waals surface area contributed by atoms with Crippen molar-refractivity contribution in [1.29, 1.82) is 0 Å². The molecule has 0 spiro atoms. The predicted octanol–water partition coefficient (Wildman–Crippen LogP) is -1.22. The maximum absolute atomic E-state index is 10.7. The van der Waals surface area contributed by atoms with Crippen molar-refractivity contribution in [2.75, 3.05) is 5.75 Å². The number of thiazole rings is 1. The van der Waals surface area contributed by atoms with Crippen LogP contribution in [0.5, 0.6) is 0 Å². The standard InChI is InChI=1S/C11H9NO4S2/c13-9(14)5-12-7-3-1-2-4-8(7)18-11(12)17-6-10(15)16/h1-4H,5-6H2,(H-,13,14,15,16)/p-1. The fourth-order valence-corrected chi connectivity index (χ4v) is 3.65. The van der Waals surface area contributed by atoms with Gasteiger partial charge in [0.15, 0.2) is 6.54 Å². The molecule has 0 N–H and O–H groups in total. The minimum absolute atomic E-state index is 0.208. The summed E-state index contributed by atoms with van der Waals surface area (Å²) in [5.41, 5.74) is 0.757. The molecule has 18 heavy (non-hydrogen) atoms. The molecule has 0 fully saturated rings. The van der Waals surface area contributed by atoms with E-state index >= 15 is 0 Å². The maximum Gasteiger partial charge on any atom is 0.299 e. The molecule has 0 saturated heterocycles. The Morgan fingerprint density at radius 1 is 1.22 bits per heavy atom. The second kappa shape index (κ2) is 5.36. The lowest BCUT2D eigenvalue weighted by Gasteiger charge is -2.00. The smallest absolute Gasteiger partial charge is 0.299 e. The van der Waals surface area contributed by atoms with Crippen LogP contribution in [0.1, 0.15) is 0 Å². The van der Waals surface area contributed by atoms with E-state index in [0.29, 0.717) is 4.34 Å². The molecule has 2 aromatic rings. The van der Waals surface area contributed by atoms with Gasteiger partial charge in [0, 0.05) is 11.8 Å². The van der Waals surface area contributed by atoms with Gasteiger partial charge in [0.05, 0.1) is 5.97 Å². The first kappa shape index (κ1) is 12.8. The minimum Gasteiger partial charge on any atom is -0.549 e. The summed E-state index contributed by atoms with van der Waals surface area (Å²) in [7, 11) is 0.